The number of phenols is 3. The maximum Gasteiger partial charge on any atom is 0.254 e. The highest BCUT2D eigenvalue weighted by Gasteiger charge is 2.24. The smallest absolute Gasteiger partial charge is 0.254 e. The molecule has 0 aliphatic carbocycles. The van der Waals surface area contributed by atoms with Crippen LogP contribution in [-0.4, -0.2) is 63.1 Å². The Morgan fingerprint density at radius 2 is 1.40 bits per heavy atom. The van der Waals surface area contributed by atoms with Gasteiger partial charge in [0.2, 0.25) is 11.7 Å². The van der Waals surface area contributed by atoms with E-state index in [9.17, 15) is 24.9 Å². The summed E-state index contributed by atoms with van der Waals surface area (Å²) in [5, 5.41) is 34.3. The Labute approximate surface area is 278 Å². The first-order valence-electron chi connectivity index (χ1n) is 15.3. The molecule has 4 N–H and O–H groups in total. The number of rotatable bonds is 8. The Morgan fingerprint density at radius 3 is 2.15 bits per heavy atom. The topological polar surface area (TPSA) is 113 Å². The van der Waals surface area contributed by atoms with Gasteiger partial charge in [-0.15, -0.1) is 0 Å². The maximum absolute atomic E-state index is 13.5. The Balaban J connectivity index is 1.09. The molecule has 1 saturated heterocycles. The first-order valence-corrected chi connectivity index (χ1v) is 15.7. The molecule has 0 bridgehead atoms. The van der Waals surface area contributed by atoms with Crippen molar-refractivity contribution in [3.8, 4) is 39.5 Å². The molecule has 6 rings (SSSR count). The molecule has 8 nitrogen and oxygen atoms in total. The second-order valence-corrected chi connectivity index (χ2v) is 12.0. The predicted molar refractivity (Wildman–Crippen MR) is 184 cm³/mol. The molecule has 0 radical (unpaired) electrons. The highest BCUT2D eigenvalue weighted by molar-refractivity contribution is 6.30. The summed E-state index contributed by atoms with van der Waals surface area (Å²) in [7, 11) is 0. The second-order valence-electron chi connectivity index (χ2n) is 11.5. The molecule has 238 valence electrons. The first kappa shape index (κ1) is 31.7. The van der Waals surface area contributed by atoms with Gasteiger partial charge in [-0.2, -0.15) is 0 Å². The summed E-state index contributed by atoms with van der Waals surface area (Å²) < 4.78 is 0. The number of carbonyl (C=O) groups is 2. The minimum absolute atomic E-state index is 0.108. The number of carbonyl (C=O) groups excluding carboxylic acids is 2. The Bertz CT molecular complexity index is 1910. The molecule has 5 aromatic carbocycles. The van der Waals surface area contributed by atoms with Gasteiger partial charge in [-0.25, -0.2) is 0 Å². The quantitative estimate of drug-likeness (QED) is 0.136. The summed E-state index contributed by atoms with van der Waals surface area (Å²) in [5.41, 5.74) is 5.58. The van der Waals surface area contributed by atoms with Crippen LogP contribution in [0.1, 0.15) is 21.5 Å². The number of halogens is 1. The molecule has 1 aliphatic heterocycles. The summed E-state index contributed by atoms with van der Waals surface area (Å²) in [4.78, 5) is 30.8. The van der Waals surface area contributed by atoms with E-state index in [0.29, 0.717) is 40.5 Å². The number of hydrogen-bond acceptors (Lipinski definition) is 6. The van der Waals surface area contributed by atoms with Crippen LogP contribution in [0, 0.1) is 0 Å². The zero-order chi connectivity index (χ0) is 32.9. The second kappa shape index (κ2) is 14.0. The van der Waals surface area contributed by atoms with Crippen LogP contribution >= 0.6 is 11.6 Å². The van der Waals surface area contributed by atoms with Gasteiger partial charge in [0.05, 0.1) is 6.42 Å². The zero-order valence-corrected chi connectivity index (χ0v) is 26.3. The van der Waals surface area contributed by atoms with Gasteiger partial charge in [0, 0.05) is 54.6 Å². The van der Waals surface area contributed by atoms with E-state index in [-0.39, 0.29) is 17.9 Å². The van der Waals surface area contributed by atoms with Crippen molar-refractivity contribution in [3.05, 3.63) is 131 Å². The normalized spacial score (nSPS) is 13.3. The van der Waals surface area contributed by atoms with Gasteiger partial charge in [-0.1, -0.05) is 84.4 Å². The van der Waals surface area contributed by atoms with Crippen molar-refractivity contribution in [2.45, 2.75) is 13.0 Å². The van der Waals surface area contributed by atoms with Crippen molar-refractivity contribution in [2.24, 2.45) is 0 Å². The number of nitrogens with zero attached hydrogens (tertiary/aromatic N) is 2. The average Bonchev–Trinajstić information content (AvgIpc) is 3.09. The lowest BCUT2D eigenvalue weighted by Crippen LogP contribution is -2.48. The first-order chi connectivity index (χ1) is 22.8. The molecule has 5 aromatic rings. The van der Waals surface area contributed by atoms with E-state index in [1.165, 1.54) is 22.8 Å². The van der Waals surface area contributed by atoms with Gasteiger partial charge in [-0.05, 0) is 64.2 Å². The van der Waals surface area contributed by atoms with Crippen LogP contribution in [0.5, 0.6) is 17.2 Å². The number of nitrogens with one attached hydrogen (secondary N) is 1. The summed E-state index contributed by atoms with van der Waals surface area (Å²) >= 11 is 6.01. The summed E-state index contributed by atoms with van der Waals surface area (Å²) in [6.07, 6.45) is -0.215. The van der Waals surface area contributed by atoms with Crippen molar-refractivity contribution in [1.29, 1.82) is 0 Å². The number of anilines is 1. The standard InChI is InChI=1S/C38H34ClN3O5/c39-30-15-13-26(14-16-30)35-29(22-33(43)36(45)37(35)46)23-34(44)40-31-11-6-10-27(21-31)38(47)42-19-17-41(18-20-42)24-28-9-4-5-12-32(28)25-7-2-1-3-8-25/h1-16,21-22,43,45-46H,17-20,23-24H2,(H,40,44). The lowest BCUT2D eigenvalue weighted by molar-refractivity contribution is -0.115. The molecular weight excluding hydrogens is 614 g/mol. The third kappa shape index (κ3) is 7.25. The van der Waals surface area contributed by atoms with Crippen molar-refractivity contribution < 1.29 is 24.9 Å². The highest BCUT2D eigenvalue weighted by Crippen LogP contribution is 2.45. The van der Waals surface area contributed by atoms with E-state index in [2.05, 4.69) is 46.6 Å². The van der Waals surface area contributed by atoms with E-state index in [1.54, 1.807) is 48.5 Å². The third-order valence-corrected chi connectivity index (χ3v) is 8.62. The molecule has 0 unspecified atom stereocenters. The fraction of sp³-hybridized carbons (Fsp3) is 0.158. The fourth-order valence-corrected chi connectivity index (χ4v) is 6.10. The largest absolute Gasteiger partial charge is 0.504 e. The lowest BCUT2D eigenvalue weighted by atomic mass is 9.95. The monoisotopic (exact) mass is 647 g/mol. The number of aromatic hydroxyl groups is 3. The van der Waals surface area contributed by atoms with Crippen LogP contribution in [0.3, 0.4) is 0 Å². The van der Waals surface area contributed by atoms with Gasteiger partial charge in [0.15, 0.2) is 11.5 Å². The molecule has 9 heteroatoms. The summed E-state index contributed by atoms with van der Waals surface area (Å²) in [5.74, 6) is -2.30. The molecule has 1 fully saturated rings. The number of phenolic OH excluding ortho intramolecular Hbond substituents is 3. The van der Waals surface area contributed by atoms with E-state index in [1.807, 2.05) is 23.1 Å². The molecule has 2 amide bonds. The fourth-order valence-electron chi connectivity index (χ4n) is 5.97. The van der Waals surface area contributed by atoms with Gasteiger partial charge in [-0.3, -0.25) is 14.5 Å². The number of piperazine rings is 1. The van der Waals surface area contributed by atoms with Crippen molar-refractivity contribution in [3.63, 3.8) is 0 Å². The summed E-state index contributed by atoms with van der Waals surface area (Å²) in [6.45, 7) is 3.46. The molecule has 0 saturated carbocycles. The number of benzene rings is 5. The molecule has 0 atom stereocenters. The molecule has 1 heterocycles. The van der Waals surface area contributed by atoms with E-state index >= 15 is 0 Å². The number of hydrogen-bond donors (Lipinski definition) is 4. The van der Waals surface area contributed by atoms with Crippen molar-refractivity contribution >= 4 is 29.1 Å². The maximum atomic E-state index is 13.5. The van der Waals surface area contributed by atoms with Crippen LogP contribution in [0.4, 0.5) is 5.69 Å². The van der Waals surface area contributed by atoms with Crippen LogP contribution in [0.15, 0.2) is 109 Å². The number of amides is 2. The highest BCUT2D eigenvalue weighted by atomic mass is 35.5. The Kier molecular flexibility index (Phi) is 9.42. The minimum Gasteiger partial charge on any atom is -0.504 e. The van der Waals surface area contributed by atoms with Gasteiger partial charge in [0.1, 0.15) is 0 Å². The molecular formula is C38H34ClN3O5. The SMILES string of the molecule is O=C(Cc1cc(O)c(O)c(O)c1-c1ccc(Cl)cc1)Nc1cccc(C(=O)N2CCN(Cc3ccccc3-c3ccccc3)CC2)c1. The molecule has 0 aromatic heterocycles. The van der Waals surface area contributed by atoms with Gasteiger partial charge < -0.3 is 25.5 Å². The van der Waals surface area contributed by atoms with Crippen LogP contribution in [0.25, 0.3) is 22.3 Å². The Hall–Kier alpha value is -5.31. The van der Waals surface area contributed by atoms with E-state index < -0.39 is 23.2 Å². The van der Waals surface area contributed by atoms with Crippen LogP contribution in [-0.2, 0) is 17.8 Å². The average molecular weight is 648 g/mol. The van der Waals surface area contributed by atoms with Gasteiger partial charge >= 0.3 is 0 Å². The summed E-state index contributed by atoms with van der Waals surface area (Å²) in [6, 6.07) is 33.3. The molecule has 0 spiro atoms. The minimum atomic E-state index is -0.678. The van der Waals surface area contributed by atoms with Gasteiger partial charge in [0.25, 0.3) is 5.91 Å². The van der Waals surface area contributed by atoms with E-state index in [4.69, 9.17) is 11.6 Å². The predicted octanol–water partition coefficient (Wildman–Crippen LogP) is 6.93. The third-order valence-electron chi connectivity index (χ3n) is 8.37. The van der Waals surface area contributed by atoms with Crippen molar-refractivity contribution in [2.75, 3.05) is 31.5 Å². The molecule has 47 heavy (non-hydrogen) atoms. The van der Waals surface area contributed by atoms with Crippen LogP contribution < -0.4 is 5.32 Å². The lowest BCUT2D eigenvalue weighted by Gasteiger charge is -2.35. The Morgan fingerprint density at radius 1 is 0.702 bits per heavy atom. The van der Waals surface area contributed by atoms with Crippen molar-refractivity contribution in [1.82, 2.24) is 9.80 Å². The van der Waals surface area contributed by atoms with Crippen LogP contribution in [0.2, 0.25) is 5.02 Å². The zero-order valence-electron chi connectivity index (χ0n) is 25.6. The van der Waals surface area contributed by atoms with E-state index in [0.717, 1.165) is 19.6 Å². The molecule has 1 aliphatic rings.